The van der Waals surface area contributed by atoms with Crippen molar-refractivity contribution in [3.05, 3.63) is 93.3 Å². The van der Waals surface area contributed by atoms with E-state index < -0.39 is 0 Å². The van der Waals surface area contributed by atoms with Crippen LogP contribution in [0.3, 0.4) is 0 Å². The monoisotopic (exact) mass is 543 g/mol. The molecule has 11 heteroatoms. The fourth-order valence-electron chi connectivity index (χ4n) is 4.88. The van der Waals surface area contributed by atoms with Gasteiger partial charge in [-0.1, -0.05) is 28.8 Å². The van der Waals surface area contributed by atoms with Crippen molar-refractivity contribution in [2.75, 3.05) is 32.2 Å². The summed E-state index contributed by atoms with van der Waals surface area (Å²) >= 11 is 1.38. The summed E-state index contributed by atoms with van der Waals surface area (Å²) in [6.07, 6.45) is 6.27. The number of hydrogen-bond acceptors (Lipinski definition) is 11. The molecule has 200 valence electrons. The molecule has 1 aliphatic rings. The molecule has 4 aromatic rings. The molecule has 1 aliphatic heterocycles. The number of nitrogens with zero attached hydrogens (tertiary/aromatic N) is 5. The summed E-state index contributed by atoms with van der Waals surface area (Å²) in [5, 5.41) is 4.23. The number of carbonyl (C=O) groups excluding carboxylic acids is 1. The van der Waals surface area contributed by atoms with E-state index in [2.05, 4.69) is 42.7 Å². The second-order valence-corrected chi connectivity index (χ2v) is 9.97. The van der Waals surface area contributed by atoms with Crippen molar-refractivity contribution < 1.29 is 14.3 Å². The number of allylic oxidation sites excluding steroid dienone is 1. The summed E-state index contributed by atoms with van der Waals surface area (Å²) in [7, 11) is 3.05. The Hall–Kier alpha value is -4.51. The van der Waals surface area contributed by atoms with E-state index in [4.69, 9.17) is 20.9 Å². The highest BCUT2D eigenvalue weighted by atomic mass is 32.1. The van der Waals surface area contributed by atoms with E-state index in [0.717, 1.165) is 29.1 Å². The third kappa shape index (κ3) is 5.26. The van der Waals surface area contributed by atoms with Gasteiger partial charge in [-0.2, -0.15) is 4.98 Å². The molecule has 2 aromatic heterocycles. The molecule has 0 spiro atoms. The average Bonchev–Trinajstić information content (AvgIpc) is 3.37. The molecule has 0 bridgehead atoms. The number of ketones is 1. The van der Waals surface area contributed by atoms with Gasteiger partial charge in [-0.25, -0.2) is 4.98 Å². The number of benzene rings is 2. The molecule has 1 atom stereocenters. The van der Waals surface area contributed by atoms with Crippen LogP contribution in [-0.2, 0) is 12.8 Å². The fraction of sp³-hybridized carbons (Fsp3) is 0.250. The Bertz CT molecular complexity index is 1550. The highest BCUT2D eigenvalue weighted by Crippen LogP contribution is 2.38. The number of nitrogen functional groups attached to an aromatic ring is 2. The summed E-state index contributed by atoms with van der Waals surface area (Å²) in [5.41, 5.74) is 16.9. The lowest BCUT2D eigenvalue weighted by Gasteiger charge is -2.36. The van der Waals surface area contributed by atoms with Gasteiger partial charge in [0.15, 0.2) is 17.3 Å². The first-order valence-corrected chi connectivity index (χ1v) is 13.1. The summed E-state index contributed by atoms with van der Waals surface area (Å²) in [6.45, 7) is 2.71. The van der Waals surface area contributed by atoms with Crippen molar-refractivity contribution in [3.8, 4) is 11.5 Å². The summed E-state index contributed by atoms with van der Waals surface area (Å²) in [5.74, 6) is 0.977. The van der Waals surface area contributed by atoms with E-state index in [9.17, 15) is 4.79 Å². The van der Waals surface area contributed by atoms with Gasteiger partial charge in [-0.15, -0.1) is 5.10 Å². The second kappa shape index (κ2) is 11.1. The molecule has 1 unspecified atom stereocenters. The molecule has 0 saturated carbocycles. The zero-order chi connectivity index (χ0) is 27.5. The summed E-state index contributed by atoms with van der Waals surface area (Å²) in [6, 6.07) is 11.9. The van der Waals surface area contributed by atoms with E-state index in [0.29, 0.717) is 29.0 Å². The third-order valence-corrected chi connectivity index (χ3v) is 7.67. The third-order valence-electron chi connectivity index (χ3n) is 6.79. The van der Waals surface area contributed by atoms with Crippen LogP contribution >= 0.6 is 11.5 Å². The number of carbonyl (C=O) groups is 1. The van der Waals surface area contributed by atoms with Gasteiger partial charge in [0.1, 0.15) is 5.82 Å². The Balaban J connectivity index is 1.48. The SMILES string of the molecule is COc1cc(Cc2cnc(N)nc2N)cc(C(=O)/C=C/N2CCc3ccccc3C2c2snnc2C)c1OC. The van der Waals surface area contributed by atoms with E-state index >= 15 is 0 Å². The lowest BCUT2D eigenvalue weighted by atomic mass is 9.91. The normalized spacial score (nSPS) is 14.8. The molecule has 0 fully saturated rings. The van der Waals surface area contributed by atoms with Crippen LogP contribution in [0.5, 0.6) is 11.5 Å². The second-order valence-electron chi connectivity index (χ2n) is 9.19. The smallest absolute Gasteiger partial charge is 0.221 e. The predicted molar refractivity (Wildman–Crippen MR) is 150 cm³/mol. The fourth-order valence-corrected chi connectivity index (χ4v) is 5.66. The van der Waals surface area contributed by atoms with Crippen molar-refractivity contribution in [3.63, 3.8) is 0 Å². The maximum Gasteiger partial charge on any atom is 0.221 e. The van der Waals surface area contributed by atoms with Crippen LogP contribution < -0.4 is 20.9 Å². The standard InChI is InChI=1S/C28H29N7O3S/c1-16-26(39-34-33-16)24-20-7-5-4-6-18(20)8-10-35(24)11-9-22(36)21-13-17(14-23(37-2)25(21)38-3)12-19-15-31-28(30)32-27(19)29/h4-7,9,11,13-15,24H,8,10,12H2,1-3H3,(H4,29,30,31,32)/b11-9+. The van der Waals surface area contributed by atoms with Crippen molar-refractivity contribution in [2.45, 2.75) is 25.8 Å². The number of fused-ring (bicyclic) bond motifs is 1. The lowest BCUT2D eigenvalue weighted by Crippen LogP contribution is -2.32. The highest BCUT2D eigenvalue weighted by molar-refractivity contribution is 7.05. The van der Waals surface area contributed by atoms with Crippen LogP contribution in [0.2, 0.25) is 0 Å². The number of ether oxygens (including phenoxy) is 2. The first-order chi connectivity index (χ1) is 18.9. The molecular formula is C28H29N7O3S. The van der Waals surface area contributed by atoms with Crippen molar-refractivity contribution in [1.29, 1.82) is 0 Å². The first kappa shape index (κ1) is 26.1. The number of rotatable bonds is 8. The topological polar surface area (TPSA) is 142 Å². The molecule has 39 heavy (non-hydrogen) atoms. The van der Waals surface area contributed by atoms with E-state index in [1.807, 2.05) is 25.3 Å². The first-order valence-electron chi connectivity index (χ1n) is 12.4. The minimum atomic E-state index is -0.217. The van der Waals surface area contributed by atoms with Crippen LogP contribution in [-0.4, -0.2) is 51.0 Å². The number of hydrogen-bond donors (Lipinski definition) is 2. The number of methoxy groups -OCH3 is 2. The molecule has 10 nitrogen and oxygen atoms in total. The molecule has 0 saturated heterocycles. The van der Waals surface area contributed by atoms with Crippen LogP contribution in [0, 0.1) is 6.92 Å². The Kier molecular flexibility index (Phi) is 7.42. The Morgan fingerprint density at radius 1 is 1.21 bits per heavy atom. The molecule has 0 aliphatic carbocycles. The number of nitrogens with two attached hydrogens (primary N) is 2. The van der Waals surface area contributed by atoms with E-state index in [-0.39, 0.29) is 23.6 Å². The van der Waals surface area contributed by atoms with E-state index in [1.165, 1.54) is 36.9 Å². The quantitative estimate of drug-likeness (QED) is 0.249. The van der Waals surface area contributed by atoms with Crippen LogP contribution in [0.15, 0.2) is 54.9 Å². The van der Waals surface area contributed by atoms with Gasteiger partial charge < -0.3 is 25.8 Å². The van der Waals surface area contributed by atoms with Crippen molar-refractivity contribution >= 4 is 29.1 Å². The minimum absolute atomic E-state index is 0.0738. The van der Waals surface area contributed by atoms with Crippen LogP contribution in [0.25, 0.3) is 0 Å². The van der Waals surface area contributed by atoms with Gasteiger partial charge in [-0.05, 0) is 53.7 Å². The maximum atomic E-state index is 13.6. The molecular weight excluding hydrogens is 514 g/mol. The van der Waals surface area contributed by atoms with Crippen LogP contribution in [0.1, 0.15) is 49.2 Å². The van der Waals surface area contributed by atoms with Gasteiger partial charge >= 0.3 is 0 Å². The predicted octanol–water partition coefficient (Wildman–Crippen LogP) is 3.75. The summed E-state index contributed by atoms with van der Waals surface area (Å²) in [4.78, 5) is 24.9. The minimum Gasteiger partial charge on any atom is -0.493 e. The largest absolute Gasteiger partial charge is 0.493 e. The molecule has 0 amide bonds. The van der Waals surface area contributed by atoms with Crippen molar-refractivity contribution in [2.24, 2.45) is 0 Å². The van der Waals surface area contributed by atoms with Crippen molar-refractivity contribution in [1.82, 2.24) is 24.5 Å². The Labute approximate surface area is 230 Å². The molecule has 2 aromatic carbocycles. The van der Waals surface area contributed by atoms with Crippen LogP contribution in [0.4, 0.5) is 11.8 Å². The highest BCUT2D eigenvalue weighted by Gasteiger charge is 2.30. The molecule has 5 rings (SSSR count). The van der Waals surface area contributed by atoms with Gasteiger partial charge in [0.05, 0.1) is 36.4 Å². The van der Waals surface area contributed by atoms with Gasteiger partial charge in [0, 0.05) is 37.0 Å². The lowest BCUT2D eigenvalue weighted by molar-refractivity contribution is 0.104. The Morgan fingerprint density at radius 3 is 2.74 bits per heavy atom. The number of anilines is 2. The zero-order valence-corrected chi connectivity index (χ0v) is 22.7. The number of aryl methyl sites for hydroxylation is 1. The Morgan fingerprint density at radius 2 is 2.03 bits per heavy atom. The van der Waals surface area contributed by atoms with Gasteiger partial charge in [0.2, 0.25) is 5.95 Å². The molecule has 0 radical (unpaired) electrons. The summed E-state index contributed by atoms with van der Waals surface area (Å²) < 4.78 is 15.3. The number of aromatic nitrogens is 4. The van der Waals surface area contributed by atoms with E-state index in [1.54, 1.807) is 18.3 Å². The maximum absolute atomic E-state index is 13.6. The van der Waals surface area contributed by atoms with Gasteiger partial charge in [-0.3, -0.25) is 4.79 Å². The average molecular weight is 544 g/mol. The zero-order valence-electron chi connectivity index (χ0n) is 21.9. The molecule has 3 heterocycles. The van der Waals surface area contributed by atoms with Gasteiger partial charge in [0.25, 0.3) is 0 Å². The molecule has 4 N–H and O–H groups in total.